The molecule has 0 saturated carbocycles. The van der Waals surface area contributed by atoms with Gasteiger partial charge in [-0.3, -0.25) is 9.59 Å². The molecule has 1 aromatic rings. The van der Waals surface area contributed by atoms with Gasteiger partial charge in [0.15, 0.2) is 0 Å². The van der Waals surface area contributed by atoms with Crippen LogP contribution in [0.1, 0.15) is 12.8 Å². The van der Waals surface area contributed by atoms with Crippen LogP contribution in [-0.4, -0.2) is 55.2 Å². The number of anilines is 1. The summed E-state index contributed by atoms with van der Waals surface area (Å²) in [7, 11) is 3.02. The zero-order chi connectivity index (χ0) is 16.1. The van der Waals surface area contributed by atoms with Crippen molar-refractivity contribution < 1.29 is 24.2 Å². The van der Waals surface area contributed by atoms with Crippen LogP contribution in [-0.2, 0) is 9.59 Å². The third kappa shape index (κ3) is 3.88. The molecule has 1 saturated heterocycles. The monoisotopic (exact) mass is 308 g/mol. The van der Waals surface area contributed by atoms with E-state index in [-0.39, 0.29) is 18.9 Å². The zero-order valence-corrected chi connectivity index (χ0v) is 12.7. The molecule has 2 amide bonds. The molecule has 0 spiro atoms. The van der Waals surface area contributed by atoms with Crippen molar-refractivity contribution in [2.75, 3.05) is 32.6 Å². The summed E-state index contributed by atoms with van der Waals surface area (Å²) >= 11 is 0. The van der Waals surface area contributed by atoms with Gasteiger partial charge in [-0.05, 0) is 18.6 Å². The van der Waals surface area contributed by atoms with Crippen molar-refractivity contribution >= 4 is 17.5 Å². The Morgan fingerprint density at radius 3 is 2.73 bits per heavy atom. The molecular weight excluding hydrogens is 288 g/mol. The molecule has 1 aliphatic heterocycles. The Bertz CT molecular complexity index is 561. The number of rotatable bonds is 5. The van der Waals surface area contributed by atoms with E-state index < -0.39 is 12.0 Å². The first-order chi connectivity index (χ1) is 10.5. The lowest BCUT2D eigenvalue weighted by Crippen LogP contribution is -2.32. The van der Waals surface area contributed by atoms with E-state index in [2.05, 4.69) is 5.32 Å². The first kappa shape index (κ1) is 16.1. The lowest BCUT2D eigenvalue weighted by molar-refractivity contribution is -0.134. The largest absolute Gasteiger partial charge is 0.497 e. The van der Waals surface area contributed by atoms with Crippen LogP contribution >= 0.6 is 0 Å². The second-order valence-electron chi connectivity index (χ2n) is 5.07. The fraction of sp³-hybridized carbons (Fsp3) is 0.467. The highest BCUT2D eigenvalue weighted by Crippen LogP contribution is 2.29. The smallest absolute Gasteiger partial charge is 0.233 e. The van der Waals surface area contributed by atoms with Crippen LogP contribution in [0.15, 0.2) is 18.2 Å². The van der Waals surface area contributed by atoms with Crippen molar-refractivity contribution in [2.24, 2.45) is 0 Å². The summed E-state index contributed by atoms with van der Waals surface area (Å²) in [6, 6.07) is 5.01. The fourth-order valence-corrected chi connectivity index (χ4v) is 2.32. The highest BCUT2D eigenvalue weighted by atomic mass is 16.5. The zero-order valence-electron chi connectivity index (χ0n) is 12.7. The number of nitrogens with zero attached hydrogens (tertiary/aromatic N) is 1. The lowest BCUT2D eigenvalue weighted by Gasteiger charge is -2.16. The molecule has 0 aromatic heterocycles. The van der Waals surface area contributed by atoms with E-state index in [1.807, 2.05) is 0 Å². The molecule has 22 heavy (non-hydrogen) atoms. The summed E-state index contributed by atoms with van der Waals surface area (Å²) in [4.78, 5) is 25.5. The number of hydrogen-bond acceptors (Lipinski definition) is 5. The van der Waals surface area contributed by atoms with Crippen molar-refractivity contribution in [3.8, 4) is 11.5 Å². The van der Waals surface area contributed by atoms with Gasteiger partial charge < -0.3 is 24.8 Å². The van der Waals surface area contributed by atoms with Crippen LogP contribution in [0.25, 0.3) is 0 Å². The molecule has 0 bridgehead atoms. The topological polar surface area (TPSA) is 88.1 Å². The Labute approximate surface area is 128 Å². The Balaban J connectivity index is 1.98. The summed E-state index contributed by atoms with van der Waals surface area (Å²) < 4.78 is 10.3. The summed E-state index contributed by atoms with van der Waals surface area (Å²) in [5, 5.41) is 12.1. The third-order valence-corrected chi connectivity index (χ3v) is 3.51. The minimum absolute atomic E-state index is 0.271. The van der Waals surface area contributed by atoms with Gasteiger partial charge >= 0.3 is 0 Å². The molecule has 120 valence electrons. The van der Waals surface area contributed by atoms with Gasteiger partial charge in [0.05, 0.1) is 26.0 Å². The predicted molar refractivity (Wildman–Crippen MR) is 80.0 cm³/mol. The Morgan fingerprint density at radius 2 is 2.14 bits per heavy atom. The van der Waals surface area contributed by atoms with Gasteiger partial charge in [-0.1, -0.05) is 0 Å². The first-order valence-corrected chi connectivity index (χ1v) is 7.01. The third-order valence-electron chi connectivity index (χ3n) is 3.51. The van der Waals surface area contributed by atoms with E-state index in [9.17, 15) is 14.7 Å². The average molecular weight is 308 g/mol. The number of amides is 2. The molecule has 0 aliphatic carbocycles. The minimum Gasteiger partial charge on any atom is -0.497 e. The molecule has 1 aromatic carbocycles. The van der Waals surface area contributed by atoms with E-state index in [1.165, 1.54) is 19.1 Å². The number of likely N-dealkylation sites (tertiary alicyclic amines) is 1. The molecule has 0 radical (unpaired) electrons. The first-order valence-electron chi connectivity index (χ1n) is 7.01. The van der Waals surface area contributed by atoms with Gasteiger partial charge in [0.25, 0.3) is 0 Å². The predicted octanol–water partition coefficient (Wildman–Crippen LogP) is 0.626. The summed E-state index contributed by atoms with van der Waals surface area (Å²) in [6.45, 7) is 0.768. The van der Waals surface area contributed by atoms with Crippen molar-refractivity contribution in [1.29, 1.82) is 0 Å². The summed E-state index contributed by atoms with van der Waals surface area (Å²) in [6.07, 6.45) is -0.213. The van der Waals surface area contributed by atoms with Crippen LogP contribution in [0.4, 0.5) is 5.69 Å². The number of aliphatic hydroxyl groups is 1. The Kier molecular flexibility index (Phi) is 5.21. The molecule has 1 atom stereocenters. The van der Waals surface area contributed by atoms with Gasteiger partial charge in [-0.2, -0.15) is 0 Å². The second-order valence-corrected chi connectivity index (χ2v) is 5.07. The van der Waals surface area contributed by atoms with Crippen molar-refractivity contribution in [3.05, 3.63) is 18.2 Å². The minimum atomic E-state index is -0.495. The van der Waals surface area contributed by atoms with Crippen LogP contribution in [0.5, 0.6) is 11.5 Å². The summed E-state index contributed by atoms with van der Waals surface area (Å²) in [5.74, 6) is 0.331. The maximum Gasteiger partial charge on any atom is 0.233 e. The molecule has 2 rings (SSSR count). The van der Waals surface area contributed by atoms with E-state index >= 15 is 0 Å². The standard InChI is InChI=1S/C15H20N2O5/c1-21-11-3-4-13(22-2)12(7-11)16-14(19)8-15(20)17-6-5-10(18)9-17/h3-4,7,10,18H,5-6,8-9H2,1-2H3,(H,16,19)/t10-/m1/s1. The molecule has 7 heteroatoms. The highest BCUT2D eigenvalue weighted by Gasteiger charge is 2.26. The number of carbonyl (C=O) groups is 2. The molecule has 1 heterocycles. The number of ether oxygens (including phenoxy) is 2. The number of aliphatic hydroxyl groups excluding tert-OH is 1. The van der Waals surface area contributed by atoms with Crippen LogP contribution in [0.3, 0.4) is 0 Å². The normalized spacial score (nSPS) is 17.2. The number of carbonyl (C=O) groups excluding carboxylic acids is 2. The molecule has 2 N–H and O–H groups in total. The lowest BCUT2D eigenvalue weighted by atomic mass is 10.2. The maximum atomic E-state index is 12.0. The van der Waals surface area contributed by atoms with E-state index in [0.717, 1.165) is 0 Å². The molecule has 7 nitrogen and oxygen atoms in total. The quantitative estimate of drug-likeness (QED) is 0.779. The SMILES string of the molecule is COc1ccc(OC)c(NC(=O)CC(=O)N2CC[C@@H](O)C2)c1. The van der Waals surface area contributed by atoms with Gasteiger partial charge in [0, 0.05) is 19.2 Å². The van der Waals surface area contributed by atoms with Crippen LogP contribution in [0, 0.1) is 0 Å². The van der Waals surface area contributed by atoms with E-state index in [0.29, 0.717) is 30.2 Å². The highest BCUT2D eigenvalue weighted by molar-refractivity contribution is 6.04. The van der Waals surface area contributed by atoms with E-state index in [4.69, 9.17) is 9.47 Å². The summed E-state index contributed by atoms with van der Waals surface area (Å²) in [5.41, 5.74) is 0.445. The van der Waals surface area contributed by atoms with Crippen LogP contribution in [0.2, 0.25) is 0 Å². The van der Waals surface area contributed by atoms with Crippen molar-refractivity contribution in [3.63, 3.8) is 0 Å². The number of benzene rings is 1. The van der Waals surface area contributed by atoms with Crippen LogP contribution < -0.4 is 14.8 Å². The second kappa shape index (κ2) is 7.13. The number of nitrogens with one attached hydrogen (secondary N) is 1. The molecule has 0 unspecified atom stereocenters. The fourth-order valence-electron chi connectivity index (χ4n) is 2.32. The Morgan fingerprint density at radius 1 is 1.36 bits per heavy atom. The number of hydrogen-bond donors (Lipinski definition) is 2. The van der Waals surface area contributed by atoms with E-state index in [1.54, 1.807) is 18.2 Å². The molecule has 1 aliphatic rings. The molecule has 1 fully saturated rings. The maximum absolute atomic E-state index is 12.0. The van der Waals surface area contributed by atoms with Crippen molar-refractivity contribution in [2.45, 2.75) is 18.9 Å². The molecular formula is C15H20N2O5. The van der Waals surface area contributed by atoms with Gasteiger partial charge in [0.1, 0.15) is 17.9 Å². The Hall–Kier alpha value is -2.28. The number of methoxy groups -OCH3 is 2. The van der Waals surface area contributed by atoms with Gasteiger partial charge in [-0.25, -0.2) is 0 Å². The number of β-amino-alcohol motifs (C(OH)–C–C–N with tert-alkyl or cyclic N) is 1. The average Bonchev–Trinajstić information content (AvgIpc) is 2.93. The van der Waals surface area contributed by atoms with Crippen molar-refractivity contribution in [1.82, 2.24) is 4.90 Å². The van der Waals surface area contributed by atoms with Gasteiger partial charge in [0.2, 0.25) is 11.8 Å². The van der Waals surface area contributed by atoms with Gasteiger partial charge in [-0.15, -0.1) is 0 Å².